The topological polar surface area (TPSA) is 95.8 Å². The molecule has 8 nitrogen and oxygen atoms in total. The number of likely N-dealkylation sites (tertiary alicyclic amines) is 1. The fraction of sp³-hybridized carbons (Fsp3) is 0.412. The van der Waals surface area contributed by atoms with Crippen LogP contribution in [-0.4, -0.2) is 59.2 Å². The third-order valence-corrected chi connectivity index (χ3v) is 4.96. The molecule has 0 bridgehead atoms. The molecule has 0 spiro atoms. The van der Waals surface area contributed by atoms with Gasteiger partial charge in [0, 0.05) is 26.0 Å². The number of nitrogens with one attached hydrogen (secondary N) is 1. The van der Waals surface area contributed by atoms with E-state index in [9.17, 15) is 14.4 Å². The van der Waals surface area contributed by atoms with E-state index in [0.29, 0.717) is 23.8 Å². The highest BCUT2D eigenvalue weighted by Gasteiger charge is 2.34. The Balaban J connectivity index is 1.61. The van der Waals surface area contributed by atoms with Crippen LogP contribution in [0.4, 0.5) is 5.13 Å². The summed E-state index contributed by atoms with van der Waals surface area (Å²) in [7, 11) is 3.38. The van der Waals surface area contributed by atoms with Crippen molar-refractivity contribution in [3.05, 3.63) is 35.2 Å². The first-order valence-corrected chi connectivity index (χ1v) is 9.13. The molecule has 1 N–H and O–H groups in total. The number of amides is 3. The summed E-state index contributed by atoms with van der Waals surface area (Å²) in [4.78, 5) is 44.2. The van der Waals surface area contributed by atoms with Crippen LogP contribution < -0.4 is 5.32 Å². The lowest BCUT2D eigenvalue weighted by Crippen LogP contribution is -2.46. The van der Waals surface area contributed by atoms with E-state index < -0.39 is 11.9 Å². The molecule has 26 heavy (non-hydrogen) atoms. The lowest BCUT2D eigenvalue weighted by molar-refractivity contribution is -0.141. The zero-order valence-corrected chi connectivity index (χ0v) is 15.4. The number of carbonyl (C=O) groups excluding carboxylic acids is 3. The molecule has 0 aliphatic carbocycles. The van der Waals surface area contributed by atoms with Gasteiger partial charge in [0.05, 0.1) is 18.4 Å². The number of hydrogen-bond donors (Lipinski definition) is 1. The van der Waals surface area contributed by atoms with Gasteiger partial charge < -0.3 is 14.2 Å². The van der Waals surface area contributed by atoms with E-state index in [1.165, 1.54) is 22.5 Å². The van der Waals surface area contributed by atoms with Gasteiger partial charge in [0.1, 0.15) is 6.04 Å². The molecule has 0 saturated carbocycles. The van der Waals surface area contributed by atoms with E-state index in [1.807, 2.05) is 0 Å². The maximum Gasteiger partial charge on any atom is 0.293 e. The largest absolute Gasteiger partial charge is 0.459 e. The van der Waals surface area contributed by atoms with E-state index in [-0.39, 0.29) is 24.0 Å². The fourth-order valence-electron chi connectivity index (χ4n) is 2.89. The molecule has 1 fully saturated rings. The van der Waals surface area contributed by atoms with Crippen LogP contribution in [0, 0.1) is 0 Å². The average Bonchev–Trinajstić information content (AvgIpc) is 3.35. The second-order valence-electron chi connectivity index (χ2n) is 6.23. The van der Waals surface area contributed by atoms with Crippen LogP contribution in [0.3, 0.4) is 0 Å². The molecule has 138 valence electrons. The van der Waals surface area contributed by atoms with Crippen molar-refractivity contribution in [2.45, 2.75) is 25.3 Å². The van der Waals surface area contributed by atoms with Crippen molar-refractivity contribution in [2.24, 2.45) is 0 Å². The Hall–Kier alpha value is -2.68. The molecule has 0 aromatic carbocycles. The van der Waals surface area contributed by atoms with E-state index in [4.69, 9.17) is 4.42 Å². The standard InChI is InChI=1S/C17H20N4O4S/c1-20(2)16(24)12-5-3-7-21(12)14(22)9-11-10-26-17(18-11)19-15(23)13-6-4-8-25-13/h4,6,8,10,12H,3,5,7,9H2,1-2H3,(H,18,19,23). The Labute approximate surface area is 154 Å². The minimum Gasteiger partial charge on any atom is -0.459 e. The van der Waals surface area contributed by atoms with Crippen LogP contribution in [0.5, 0.6) is 0 Å². The van der Waals surface area contributed by atoms with Gasteiger partial charge in [-0.05, 0) is 25.0 Å². The Morgan fingerprint density at radius 3 is 2.92 bits per heavy atom. The van der Waals surface area contributed by atoms with E-state index in [1.54, 1.807) is 36.5 Å². The highest BCUT2D eigenvalue weighted by Crippen LogP contribution is 2.22. The molecule has 2 aromatic rings. The molecule has 0 radical (unpaired) electrons. The Morgan fingerprint density at radius 1 is 1.42 bits per heavy atom. The second kappa shape index (κ2) is 7.69. The lowest BCUT2D eigenvalue weighted by Gasteiger charge is -2.26. The van der Waals surface area contributed by atoms with E-state index in [2.05, 4.69) is 10.3 Å². The number of nitrogens with zero attached hydrogens (tertiary/aromatic N) is 3. The third kappa shape index (κ3) is 3.93. The molecule has 3 rings (SSSR count). The normalized spacial score (nSPS) is 16.5. The SMILES string of the molecule is CN(C)C(=O)C1CCCN1C(=O)Cc1csc(NC(=O)c2ccco2)n1. The monoisotopic (exact) mass is 376 g/mol. The third-order valence-electron chi connectivity index (χ3n) is 4.15. The fourth-order valence-corrected chi connectivity index (χ4v) is 3.59. The summed E-state index contributed by atoms with van der Waals surface area (Å²) in [5.74, 6) is -0.379. The van der Waals surface area contributed by atoms with Gasteiger partial charge in [0.2, 0.25) is 11.8 Å². The first-order valence-electron chi connectivity index (χ1n) is 8.25. The number of likely N-dealkylation sites (N-methyl/N-ethyl adjacent to an activating group) is 1. The summed E-state index contributed by atoms with van der Waals surface area (Å²) in [6.07, 6.45) is 3.02. The van der Waals surface area contributed by atoms with Crippen molar-refractivity contribution in [1.82, 2.24) is 14.8 Å². The van der Waals surface area contributed by atoms with Crippen molar-refractivity contribution in [3.8, 4) is 0 Å². The van der Waals surface area contributed by atoms with Crippen LogP contribution in [0.25, 0.3) is 0 Å². The van der Waals surface area contributed by atoms with Gasteiger partial charge >= 0.3 is 0 Å². The summed E-state index contributed by atoms with van der Waals surface area (Å²) in [5, 5.41) is 4.77. The maximum absolute atomic E-state index is 12.6. The van der Waals surface area contributed by atoms with Crippen LogP contribution in [0.1, 0.15) is 29.1 Å². The molecular weight excluding hydrogens is 356 g/mol. The first-order chi connectivity index (χ1) is 12.5. The second-order valence-corrected chi connectivity index (χ2v) is 7.09. The Morgan fingerprint density at radius 2 is 2.23 bits per heavy atom. The van der Waals surface area contributed by atoms with Crippen LogP contribution in [-0.2, 0) is 16.0 Å². The number of anilines is 1. The summed E-state index contributed by atoms with van der Waals surface area (Å²) in [5.41, 5.74) is 0.567. The molecule has 1 aliphatic heterocycles. The quantitative estimate of drug-likeness (QED) is 0.855. The van der Waals surface area contributed by atoms with Crippen LogP contribution >= 0.6 is 11.3 Å². The highest BCUT2D eigenvalue weighted by atomic mass is 32.1. The summed E-state index contributed by atoms with van der Waals surface area (Å²) >= 11 is 1.24. The molecule has 1 aliphatic rings. The number of aromatic nitrogens is 1. The zero-order valence-electron chi connectivity index (χ0n) is 14.6. The van der Waals surface area contributed by atoms with Crippen molar-refractivity contribution in [3.63, 3.8) is 0 Å². The molecule has 1 saturated heterocycles. The number of thiazole rings is 1. The number of furan rings is 1. The van der Waals surface area contributed by atoms with Gasteiger partial charge in [-0.3, -0.25) is 19.7 Å². The van der Waals surface area contributed by atoms with Crippen LogP contribution in [0.2, 0.25) is 0 Å². The summed E-state index contributed by atoms with van der Waals surface area (Å²) < 4.78 is 5.03. The van der Waals surface area contributed by atoms with Gasteiger partial charge in [-0.25, -0.2) is 4.98 Å². The van der Waals surface area contributed by atoms with Gasteiger partial charge in [-0.2, -0.15) is 0 Å². The molecule has 3 heterocycles. The molecule has 1 atom stereocenters. The van der Waals surface area contributed by atoms with Crippen molar-refractivity contribution >= 4 is 34.2 Å². The van der Waals surface area contributed by atoms with Crippen LogP contribution in [0.15, 0.2) is 28.2 Å². The van der Waals surface area contributed by atoms with Crippen molar-refractivity contribution < 1.29 is 18.8 Å². The van der Waals surface area contributed by atoms with Gasteiger partial charge in [0.25, 0.3) is 5.91 Å². The highest BCUT2D eigenvalue weighted by molar-refractivity contribution is 7.14. The lowest BCUT2D eigenvalue weighted by atomic mass is 10.2. The maximum atomic E-state index is 12.6. The first kappa shape index (κ1) is 18.1. The summed E-state index contributed by atoms with van der Waals surface area (Å²) in [6, 6.07) is 2.79. The summed E-state index contributed by atoms with van der Waals surface area (Å²) in [6.45, 7) is 0.579. The predicted molar refractivity (Wildman–Crippen MR) is 95.9 cm³/mol. The predicted octanol–water partition coefficient (Wildman–Crippen LogP) is 1.61. The number of rotatable bonds is 5. The Kier molecular flexibility index (Phi) is 5.36. The van der Waals surface area contributed by atoms with Crippen molar-refractivity contribution in [2.75, 3.05) is 26.0 Å². The number of hydrogen-bond acceptors (Lipinski definition) is 6. The molecule has 2 aromatic heterocycles. The average molecular weight is 376 g/mol. The smallest absolute Gasteiger partial charge is 0.293 e. The van der Waals surface area contributed by atoms with E-state index in [0.717, 1.165) is 6.42 Å². The zero-order chi connectivity index (χ0) is 18.7. The number of carbonyl (C=O) groups is 3. The van der Waals surface area contributed by atoms with Gasteiger partial charge in [-0.1, -0.05) is 0 Å². The Bertz CT molecular complexity index is 800. The minimum absolute atomic E-state index is 0.0551. The van der Waals surface area contributed by atoms with Gasteiger partial charge in [0.15, 0.2) is 10.9 Å². The van der Waals surface area contributed by atoms with E-state index >= 15 is 0 Å². The molecule has 9 heteroatoms. The minimum atomic E-state index is -0.394. The van der Waals surface area contributed by atoms with Crippen molar-refractivity contribution in [1.29, 1.82) is 0 Å². The molecular formula is C17H20N4O4S. The van der Waals surface area contributed by atoms with Gasteiger partial charge in [-0.15, -0.1) is 11.3 Å². The molecule has 1 unspecified atom stereocenters. The molecule has 3 amide bonds.